The van der Waals surface area contributed by atoms with Gasteiger partial charge in [0.25, 0.3) is 5.69 Å². The van der Waals surface area contributed by atoms with E-state index in [0.717, 1.165) is 0 Å². The number of nitro groups is 1. The molecule has 7 nitrogen and oxygen atoms in total. The molecule has 1 aromatic heterocycles. The molecule has 4 rings (SSSR count). The molecule has 0 aliphatic heterocycles. The highest BCUT2D eigenvalue weighted by molar-refractivity contribution is 6.33. The number of fused-ring (bicyclic) bond motifs is 1. The van der Waals surface area contributed by atoms with E-state index in [1.807, 2.05) is 18.2 Å². The Morgan fingerprint density at radius 2 is 1.97 bits per heavy atom. The van der Waals surface area contributed by atoms with E-state index < -0.39 is 4.92 Å². The van der Waals surface area contributed by atoms with Gasteiger partial charge >= 0.3 is 0 Å². The van der Waals surface area contributed by atoms with Gasteiger partial charge in [0.05, 0.1) is 21.2 Å². The predicted molar refractivity (Wildman–Crippen MR) is 109 cm³/mol. The zero-order chi connectivity index (χ0) is 20.5. The maximum Gasteiger partial charge on any atom is 0.270 e. The molecular formula is C21H13ClN3O4-. The molecule has 0 fully saturated rings. The minimum atomic E-state index is -0.540. The smallest absolute Gasteiger partial charge is 0.270 e. The highest BCUT2D eigenvalue weighted by Crippen LogP contribution is 2.31. The molecule has 0 saturated heterocycles. The number of hydrogen-bond acceptors (Lipinski definition) is 6. The van der Waals surface area contributed by atoms with Crippen LogP contribution in [0.25, 0.3) is 22.6 Å². The summed E-state index contributed by atoms with van der Waals surface area (Å²) in [4.78, 5) is 19.2. The average molecular weight is 407 g/mol. The number of nitro benzene ring substituents is 1. The Morgan fingerprint density at radius 1 is 1.17 bits per heavy atom. The molecule has 0 unspecified atom stereocenters. The number of halogens is 1. The summed E-state index contributed by atoms with van der Waals surface area (Å²) in [6.45, 7) is 1.53. The van der Waals surface area contributed by atoms with Gasteiger partial charge in [0.15, 0.2) is 5.58 Å². The second-order valence-corrected chi connectivity index (χ2v) is 6.75. The third-order valence-electron chi connectivity index (χ3n) is 4.33. The van der Waals surface area contributed by atoms with Crippen molar-refractivity contribution in [3.8, 4) is 17.2 Å². The van der Waals surface area contributed by atoms with E-state index in [0.29, 0.717) is 33.3 Å². The number of aromatic nitrogens is 1. The number of rotatable bonds is 4. The Morgan fingerprint density at radius 3 is 2.72 bits per heavy atom. The lowest BCUT2D eigenvalue weighted by molar-refractivity contribution is -0.385. The van der Waals surface area contributed by atoms with Crippen LogP contribution in [0.3, 0.4) is 0 Å². The van der Waals surface area contributed by atoms with Gasteiger partial charge in [-0.3, -0.25) is 15.1 Å². The summed E-state index contributed by atoms with van der Waals surface area (Å²) in [7, 11) is 0. The Labute approximate surface area is 170 Å². The molecule has 3 aromatic carbocycles. The quantitative estimate of drug-likeness (QED) is 0.263. The van der Waals surface area contributed by atoms with E-state index >= 15 is 0 Å². The van der Waals surface area contributed by atoms with Crippen molar-refractivity contribution in [2.45, 2.75) is 6.92 Å². The molecule has 8 heteroatoms. The first-order valence-corrected chi connectivity index (χ1v) is 8.96. The monoisotopic (exact) mass is 406 g/mol. The summed E-state index contributed by atoms with van der Waals surface area (Å²) in [6.07, 6.45) is 1.32. The van der Waals surface area contributed by atoms with Crippen molar-refractivity contribution in [2.24, 2.45) is 4.99 Å². The highest BCUT2D eigenvalue weighted by Gasteiger charge is 2.12. The zero-order valence-electron chi connectivity index (χ0n) is 15.1. The van der Waals surface area contributed by atoms with E-state index in [2.05, 4.69) is 9.98 Å². The SMILES string of the molecule is Cc1cc([N+](=O)[O-])cc(C=Nc2ccc3oc(-c4ccccc4Cl)nc3c2)c1[O-]. The molecule has 0 spiro atoms. The number of hydrogen-bond donors (Lipinski definition) is 0. The van der Waals surface area contributed by atoms with Gasteiger partial charge in [-0.25, -0.2) is 4.98 Å². The first-order valence-electron chi connectivity index (χ1n) is 8.58. The van der Waals surface area contributed by atoms with Crippen LogP contribution < -0.4 is 5.11 Å². The van der Waals surface area contributed by atoms with Crippen LogP contribution in [-0.2, 0) is 0 Å². The molecule has 0 aliphatic carbocycles. The maximum absolute atomic E-state index is 12.2. The first kappa shape index (κ1) is 18.6. The number of nitrogens with zero attached hydrogens (tertiary/aromatic N) is 3. The Kier molecular flexibility index (Phi) is 4.74. The Balaban J connectivity index is 1.69. The second-order valence-electron chi connectivity index (χ2n) is 6.35. The normalized spacial score (nSPS) is 11.4. The van der Waals surface area contributed by atoms with Crippen LogP contribution in [0.15, 0.2) is 64.0 Å². The zero-order valence-corrected chi connectivity index (χ0v) is 15.9. The molecule has 0 bridgehead atoms. The van der Waals surface area contributed by atoms with Crippen LogP contribution in [0.2, 0.25) is 5.02 Å². The fourth-order valence-electron chi connectivity index (χ4n) is 2.87. The van der Waals surface area contributed by atoms with Gasteiger partial charge in [-0.05, 0) is 42.8 Å². The summed E-state index contributed by atoms with van der Waals surface area (Å²) in [5.41, 5.74) is 2.63. The molecule has 0 radical (unpaired) electrons. The lowest BCUT2D eigenvalue weighted by Gasteiger charge is -2.13. The van der Waals surface area contributed by atoms with Gasteiger partial charge in [-0.1, -0.05) is 35.0 Å². The Hall–Kier alpha value is -3.71. The van der Waals surface area contributed by atoms with Crippen LogP contribution in [0.1, 0.15) is 11.1 Å². The summed E-state index contributed by atoms with van der Waals surface area (Å²) in [5.74, 6) is 0.0887. The maximum atomic E-state index is 12.2. The van der Waals surface area contributed by atoms with Crippen molar-refractivity contribution in [3.05, 3.63) is 80.9 Å². The van der Waals surface area contributed by atoms with Crippen LogP contribution in [0, 0.1) is 17.0 Å². The fourth-order valence-corrected chi connectivity index (χ4v) is 3.09. The van der Waals surface area contributed by atoms with Crippen molar-refractivity contribution < 1.29 is 14.4 Å². The van der Waals surface area contributed by atoms with Gasteiger partial charge in [-0.15, -0.1) is 0 Å². The lowest BCUT2D eigenvalue weighted by Crippen LogP contribution is -2.01. The van der Waals surface area contributed by atoms with Crippen molar-refractivity contribution in [2.75, 3.05) is 0 Å². The van der Waals surface area contributed by atoms with Crippen LogP contribution in [-0.4, -0.2) is 16.1 Å². The molecule has 144 valence electrons. The van der Waals surface area contributed by atoms with Crippen molar-refractivity contribution in [1.29, 1.82) is 0 Å². The standard InChI is InChI=1S/C21H14ClN3O4/c1-12-8-15(25(27)28)9-13(20(12)26)11-23-14-6-7-19-18(10-14)24-21(29-19)16-4-2-3-5-17(16)22/h2-11,26H,1H3/p-1. The second kappa shape index (κ2) is 7.37. The van der Waals surface area contributed by atoms with Gasteiger partial charge in [0, 0.05) is 18.3 Å². The fraction of sp³-hybridized carbons (Fsp3) is 0.0476. The van der Waals surface area contributed by atoms with E-state index in [4.69, 9.17) is 16.0 Å². The predicted octanol–water partition coefficient (Wildman–Crippen LogP) is 5.19. The van der Waals surface area contributed by atoms with Crippen LogP contribution in [0.4, 0.5) is 11.4 Å². The van der Waals surface area contributed by atoms with Crippen molar-refractivity contribution in [3.63, 3.8) is 0 Å². The molecule has 0 amide bonds. The summed E-state index contributed by atoms with van der Waals surface area (Å²) < 4.78 is 5.76. The largest absolute Gasteiger partial charge is 0.872 e. The molecule has 0 aliphatic rings. The number of aryl methyl sites for hydroxylation is 1. The number of oxazole rings is 1. The van der Waals surface area contributed by atoms with Crippen LogP contribution in [0.5, 0.6) is 5.75 Å². The Bertz CT molecular complexity index is 1280. The van der Waals surface area contributed by atoms with E-state index in [1.165, 1.54) is 25.3 Å². The summed E-state index contributed by atoms with van der Waals surface area (Å²) in [5, 5.41) is 23.8. The van der Waals surface area contributed by atoms with Crippen molar-refractivity contribution in [1.82, 2.24) is 4.98 Å². The highest BCUT2D eigenvalue weighted by atomic mass is 35.5. The summed E-state index contributed by atoms with van der Waals surface area (Å²) in [6, 6.07) is 14.8. The summed E-state index contributed by atoms with van der Waals surface area (Å²) >= 11 is 6.20. The number of benzene rings is 3. The average Bonchev–Trinajstić information content (AvgIpc) is 3.12. The number of aliphatic imine (C=N–C) groups is 1. The number of non-ortho nitro benzene ring substituents is 1. The van der Waals surface area contributed by atoms with Crippen LogP contribution >= 0.6 is 11.6 Å². The van der Waals surface area contributed by atoms with Gasteiger partial charge < -0.3 is 9.52 Å². The molecule has 29 heavy (non-hydrogen) atoms. The molecule has 0 atom stereocenters. The van der Waals surface area contributed by atoms with E-state index in [9.17, 15) is 15.2 Å². The minimum Gasteiger partial charge on any atom is -0.872 e. The molecular weight excluding hydrogens is 394 g/mol. The third kappa shape index (κ3) is 3.68. The van der Waals surface area contributed by atoms with E-state index in [-0.39, 0.29) is 22.6 Å². The molecule has 0 saturated carbocycles. The van der Waals surface area contributed by atoms with Gasteiger partial charge in [-0.2, -0.15) is 0 Å². The lowest BCUT2D eigenvalue weighted by atomic mass is 10.1. The first-order chi connectivity index (χ1) is 13.9. The topological polar surface area (TPSA) is 105 Å². The van der Waals surface area contributed by atoms with Gasteiger partial charge in [0.2, 0.25) is 5.89 Å². The molecule has 0 N–H and O–H groups in total. The molecule has 4 aromatic rings. The van der Waals surface area contributed by atoms with E-state index in [1.54, 1.807) is 24.3 Å². The molecule has 1 heterocycles. The van der Waals surface area contributed by atoms with Crippen molar-refractivity contribution >= 4 is 40.3 Å². The minimum absolute atomic E-state index is 0.147. The third-order valence-corrected chi connectivity index (χ3v) is 4.66. The van der Waals surface area contributed by atoms with Gasteiger partial charge in [0.1, 0.15) is 5.52 Å².